The second-order valence-corrected chi connectivity index (χ2v) is 4.88. The molecule has 1 heterocycles. The average Bonchev–Trinajstić information content (AvgIpc) is 2.84. The monoisotopic (exact) mass is 288 g/mol. The molecule has 1 atom stereocenters. The molecule has 1 unspecified atom stereocenters. The van der Waals surface area contributed by atoms with Crippen molar-refractivity contribution in [3.8, 4) is 0 Å². The van der Waals surface area contributed by atoms with Gasteiger partial charge in [0, 0.05) is 25.2 Å². The summed E-state index contributed by atoms with van der Waals surface area (Å²) in [5.41, 5.74) is 0.996. The molecule has 0 aliphatic carbocycles. The molecule has 100 valence electrons. The van der Waals surface area contributed by atoms with Crippen molar-refractivity contribution in [2.45, 2.75) is 13.0 Å². The van der Waals surface area contributed by atoms with Gasteiger partial charge in [0.15, 0.2) is 0 Å². The zero-order valence-corrected chi connectivity index (χ0v) is 11.9. The Kier molecular flexibility index (Phi) is 5.93. The number of nitrogens with one attached hydrogen (secondary N) is 1. The van der Waals surface area contributed by atoms with E-state index in [1.54, 1.807) is 4.90 Å². The molecule has 1 saturated heterocycles. The quantitative estimate of drug-likeness (QED) is 0.926. The summed E-state index contributed by atoms with van der Waals surface area (Å²) in [6.45, 7) is 2.32. The van der Waals surface area contributed by atoms with Crippen LogP contribution in [0.5, 0.6) is 0 Å². The Labute approximate surface area is 119 Å². The van der Waals surface area contributed by atoms with Crippen molar-refractivity contribution >= 4 is 29.9 Å². The fourth-order valence-electron chi connectivity index (χ4n) is 2.14. The SMILES string of the molecule is CN(Cc1ccccc1Cl)C(=O)C1CCNC1.Cl. The van der Waals surface area contributed by atoms with Crippen LogP contribution in [0.2, 0.25) is 5.02 Å². The Bertz CT molecular complexity index is 406. The first-order valence-corrected chi connectivity index (χ1v) is 6.25. The Morgan fingerprint density at radius 2 is 2.22 bits per heavy atom. The molecule has 1 aromatic carbocycles. The fourth-order valence-corrected chi connectivity index (χ4v) is 2.33. The van der Waals surface area contributed by atoms with Gasteiger partial charge in [0.05, 0.1) is 5.92 Å². The van der Waals surface area contributed by atoms with Gasteiger partial charge in [0.2, 0.25) is 5.91 Å². The van der Waals surface area contributed by atoms with Gasteiger partial charge in [-0.05, 0) is 24.6 Å². The molecule has 0 saturated carbocycles. The van der Waals surface area contributed by atoms with Crippen LogP contribution in [0, 0.1) is 5.92 Å². The molecule has 0 aromatic heterocycles. The Hall–Kier alpha value is -0.770. The lowest BCUT2D eigenvalue weighted by Gasteiger charge is -2.21. The lowest BCUT2D eigenvalue weighted by molar-refractivity contribution is -0.134. The molecule has 1 aromatic rings. The summed E-state index contributed by atoms with van der Waals surface area (Å²) in [7, 11) is 1.84. The second kappa shape index (κ2) is 6.98. The molecule has 0 radical (unpaired) electrons. The van der Waals surface area contributed by atoms with Crippen molar-refractivity contribution in [3.63, 3.8) is 0 Å². The van der Waals surface area contributed by atoms with E-state index in [4.69, 9.17) is 11.6 Å². The summed E-state index contributed by atoms with van der Waals surface area (Å²) < 4.78 is 0. The molecule has 0 spiro atoms. The number of nitrogens with zero attached hydrogens (tertiary/aromatic N) is 1. The number of hydrogen-bond donors (Lipinski definition) is 1. The second-order valence-electron chi connectivity index (χ2n) is 4.48. The minimum absolute atomic E-state index is 0. The van der Waals surface area contributed by atoms with Crippen molar-refractivity contribution in [1.29, 1.82) is 0 Å². The summed E-state index contributed by atoms with van der Waals surface area (Å²) in [6.07, 6.45) is 0.936. The number of benzene rings is 1. The first-order chi connectivity index (χ1) is 8.18. The number of amides is 1. The van der Waals surface area contributed by atoms with E-state index in [0.717, 1.165) is 30.1 Å². The van der Waals surface area contributed by atoms with Crippen molar-refractivity contribution in [3.05, 3.63) is 34.9 Å². The third-order valence-electron chi connectivity index (χ3n) is 3.15. The molecule has 1 aliphatic heterocycles. The molecular formula is C13H18Cl2N2O. The van der Waals surface area contributed by atoms with Crippen LogP contribution in [0.3, 0.4) is 0 Å². The van der Waals surface area contributed by atoms with Crippen LogP contribution in [0.25, 0.3) is 0 Å². The maximum atomic E-state index is 12.1. The van der Waals surface area contributed by atoms with Crippen LogP contribution in [0.15, 0.2) is 24.3 Å². The molecule has 1 aliphatic rings. The molecule has 1 fully saturated rings. The van der Waals surface area contributed by atoms with E-state index in [2.05, 4.69) is 5.32 Å². The highest BCUT2D eigenvalue weighted by molar-refractivity contribution is 6.31. The third kappa shape index (κ3) is 3.61. The van der Waals surface area contributed by atoms with E-state index in [1.165, 1.54) is 0 Å². The molecule has 1 amide bonds. The molecular weight excluding hydrogens is 271 g/mol. The average molecular weight is 289 g/mol. The number of halogens is 2. The van der Waals surface area contributed by atoms with Crippen LogP contribution in [-0.4, -0.2) is 30.9 Å². The van der Waals surface area contributed by atoms with Crippen molar-refractivity contribution in [2.75, 3.05) is 20.1 Å². The van der Waals surface area contributed by atoms with Gasteiger partial charge >= 0.3 is 0 Å². The minimum atomic E-state index is 0. The summed E-state index contributed by atoms with van der Waals surface area (Å²) in [5.74, 6) is 0.331. The van der Waals surface area contributed by atoms with Gasteiger partial charge in [-0.3, -0.25) is 4.79 Å². The van der Waals surface area contributed by atoms with Gasteiger partial charge in [-0.2, -0.15) is 0 Å². The van der Waals surface area contributed by atoms with Gasteiger partial charge in [-0.1, -0.05) is 29.8 Å². The highest BCUT2D eigenvalue weighted by Gasteiger charge is 2.25. The lowest BCUT2D eigenvalue weighted by atomic mass is 10.1. The maximum Gasteiger partial charge on any atom is 0.227 e. The largest absolute Gasteiger partial charge is 0.341 e. The van der Waals surface area contributed by atoms with Crippen molar-refractivity contribution < 1.29 is 4.79 Å². The number of rotatable bonds is 3. The van der Waals surface area contributed by atoms with Gasteiger partial charge in [0.1, 0.15) is 0 Å². The third-order valence-corrected chi connectivity index (χ3v) is 3.52. The van der Waals surface area contributed by atoms with Crippen molar-refractivity contribution in [1.82, 2.24) is 10.2 Å². The zero-order chi connectivity index (χ0) is 12.3. The van der Waals surface area contributed by atoms with Gasteiger partial charge < -0.3 is 10.2 Å². The molecule has 3 nitrogen and oxygen atoms in total. The van der Waals surface area contributed by atoms with Gasteiger partial charge in [-0.15, -0.1) is 12.4 Å². The van der Waals surface area contributed by atoms with E-state index < -0.39 is 0 Å². The predicted octanol–water partition coefficient (Wildman–Crippen LogP) is 2.33. The van der Waals surface area contributed by atoms with Crippen LogP contribution in [-0.2, 0) is 11.3 Å². The van der Waals surface area contributed by atoms with Gasteiger partial charge in [0.25, 0.3) is 0 Å². The minimum Gasteiger partial charge on any atom is -0.341 e. The summed E-state index contributed by atoms with van der Waals surface area (Å²) >= 11 is 6.08. The van der Waals surface area contributed by atoms with E-state index in [1.807, 2.05) is 31.3 Å². The lowest BCUT2D eigenvalue weighted by Crippen LogP contribution is -2.33. The standard InChI is InChI=1S/C13H17ClN2O.ClH/c1-16(13(17)10-6-7-15-8-10)9-11-4-2-3-5-12(11)14;/h2-5,10,15H,6-9H2,1H3;1H. The first-order valence-electron chi connectivity index (χ1n) is 5.87. The van der Waals surface area contributed by atoms with Crippen LogP contribution < -0.4 is 5.32 Å². The molecule has 1 N–H and O–H groups in total. The van der Waals surface area contributed by atoms with E-state index in [0.29, 0.717) is 6.54 Å². The Morgan fingerprint density at radius 3 is 2.83 bits per heavy atom. The van der Waals surface area contributed by atoms with E-state index in [-0.39, 0.29) is 24.2 Å². The maximum absolute atomic E-state index is 12.1. The van der Waals surface area contributed by atoms with Crippen LogP contribution in [0.1, 0.15) is 12.0 Å². The van der Waals surface area contributed by atoms with E-state index in [9.17, 15) is 4.79 Å². The Balaban J connectivity index is 0.00000162. The zero-order valence-electron chi connectivity index (χ0n) is 10.4. The smallest absolute Gasteiger partial charge is 0.227 e. The number of carbonyl (C=O) groups is 1. The predicted molar refractivity (Wildman–Crippen MR) is 76.2 cm³/mol. The molecule has 2 rings (SSSR count). The van der Waals surface area contributed by atoms with Gasteiger partial charge in [-0.25, -0.2) is 0 Å². The number of hydrogen-bond acceptors (Lipinski definition) is 2. The van der Waals surface area contributed by atoms with Crippen LogP contribution >= 0.6 is 24.0 Å². The molecule has 18 heavy (non-hydrogen) atoms. The summed E-state index contributed by atoms with van der Waals surface area (Å²) in [5, 5.41) is 3.93. The normalized spacial score (nSPS) is 18.2. The van der Waals surface area contributed by atoms with Crippen molar-refractivity contribution in [2.24, 2.45) is 5.92 Å². The van der Waals surface area contributed by atoms with Crippen LogP contribution in [0.4, 0.5) is 0 Å². The molecule has 0 bridgehead atoms. The summed E-state index contributed by atoms with van der Waals surface area (Å²) in [6, 6.07) is 7.65. The fraction of sp³-hybridized carbons (Fsp3) is 0.462. The highest BCUT2D eigenvalue weighted by atomic mass is 35.5. The number of carbonyl (C=O) groups excluding carboxylic acids is 1. The highest BCUT2D eigenvalue weighted by Crippen LogP contribution is 2.18. The molecule has 5 heteroatoms. The summed E-state index contributed by atoms with van der Waals surface area (Å²) in [4.78, 5) is 13.9. The first kappa shape index (κ1) is 15.3. The topological polar surface area (TPSA) is 32.3 Å². The Morgan fingerprint density at radius 1 is 1.50 bits per heavy atom. The van der Waals surface area contributed by atoms with E-state index >= 15 is 0 Å².